The van der Waals surface area contributed by atoms with Crippen molar-refractivity contribution in [1.82, 2.24) is 19.9 Å². The van der Waals surface area contributed by atoms with Crippen molar-refractivity contribution >= 4 is 46.4 Å². The van der Waals surface area contributed by atoms with Gasteiger partial charge in [0.25, 0.3) is 0 Å². The molecule has 0 saturated carbocycles. The maximum absolute atomic E-state index is 4.62. The van der Waals surface area contributed by atoms with Crippen LogP contribution in [0.3, 0.4) is 0 Å². The molecule has 2 N–H and O–H groups in total. The van der Waals surface area contributed by atoms with Gasteiger partial charge in [0.1, 0.15) is 0 Å². The van der Waals surface area contributed by atoms with Crippen molar-refractivity contribution in [1.29, 1.82) is 0 Å². The molecule has 0 atom stereocenters. The molecule has 0 aliphatic carbocycles. The molecule has 1 radical (unpaired) electrons. The van der Waals surface area contributed by atoms with Gasteiger partial charge in [-0.15, -0.1) is 0 Å². The number of hydrogen-bond donors (Lipinski definition) is 2. The predicted octanol–water partition coefficient (Wildman–Crippen LogP) is 6.45. The Hall–Kier alpha value is -3.67. The zero-order valence-corrected chi connectivity index (χ0v) is 18.5. The Kier molecular flexibility index (Phi) is 6.49. The average molecular weight is 460 g/mol. The van der Waals surface area contributed by atoms with Gasteiger partial charge in [-0.2, -0.15) is 35.9 Å². The van der Waals surface area contributed by atoms with E-state index in [0.717, 1.165) is 44.8 Å². The Morgan fingerprint density at radius 2 is 0.969 bits per heavy atom. The van der Waals surface area contributed by atoms with Gasteiger partial charge in [-0.05, 0) is 72.8 Å². The van der Waals surface area contributed by atoms with Gasteiger partial charge >= 0.3 is 0 Å². The Morgan fingerprint density at radius 3 is 1.38 bits per heavy atom. The summed E-state index contributed by atoms with van der Waals surface area (Å²) >= 11 is 0. The van der Waals surface area contributed by atoms with Crippen LogP contribution in [0.25, 0.3) is 46.4 Å². The minimum Gasteiger partial charge on any atom is -0.355 e. The molecule has 4 aromatic rings. The van der Waals surface area contributed by atoms with Crippen molar-refractivity contribution in [3.8, 4) is 0 Å². The fourth-order valence-corrected chi connectivity index (χ4v) is 3.41. The number of H-pyrrole nitrogens is 2. The first-order valence-corrected chi connectivity index (χ1v) is 10.2. The van der Waals surface area contributed by atoms with Crippen molar-refractivity contribution in [2.24, 2.45) is 0 Å². The smallest absolute Gasteiger partial charge is 0.0659 e. The molecular weight excluding hydrogens is 439 g/mol. The van der Waals surface area contributed by atoms with E-state index in [-0.39, 0.29) is 16.8 Å². The monoisotopic (exact) mass is 460 g/mol. The molecule has 32 heavy (non-hydrogen) atoms. The molecule has 6 rings (SSSR count). The van der Waals surface area contributed by atoms with Crippen LogP contribution in [0, 0.1) is 13.0 Å². The summed E-state index contributed by atoms with van der Waals surface area (Å²) in [5.41, 5.74) is 9.15. The molecule has 4 nitrogen and oxygen atoms in total. The Balaban J connectivity index is 0.000000265. The Labute approximate surface area is 197 Å². The molecule has 159 valence electrons. The van der Waals surface area contributed by atoms with Crippen LogP contribution < -0.4 is 0 Å². The van der Waals surface area contributed by atoms with E-state index < -0.39 is 0 Å². The number of nitrogens with zero attached hydrogens (tertiary/aromatic N) is 2. The molecule has 0 spiro atoms. The molecule has 2 aliphatic heterocycles. The van der Waals surface area contributed by atoms with E-state index in [9.17, 15) is 0 Å². The van der Waals surface area contributed by atoms with Crippen molar-refractivity contribution in [2.75, 3.05) is 0 Å². The van der Waals surface area contributed by atoms with Crippen molar-refractivity contribution in [3.63, 3.8) is 0 Å². The van der Waals surface area contributed by atoms with E-state index in [1.807, 2.05) is 66.8 Å². The molecule has 5 heteroatoms. The van der Waals surface area contributed by atoms with Crippen LogP contribution in [0.4, 0.5) is 0 Å². The van der Waals surface area contributed by atoms with Crippen molar-refractivity contribution in [2.45, 2.75) is 6.92 Å². The molecule has 0 saturated heterocycles. The van der Waals surface area contributed by atoms with Gasteiger partial charge in [-0.3, -0.25) is 0 Å². The number of aromatic nitrogens is 4. The number of rotatable bonds is 0. The molecule has 5 heterocycles. The predicted molar refractivity (Wildman–Crippen MR) is 129 cm³/mol. The van der Waals surface area contributed by atoms with Gasteiger partial charge in [0.2, 0.25) is 0 Å². The summed E-state index contributed by atoms with van der Waals surface area (Å²) in [6.45, 7) is 2.06. The molecular formula is C27H21CoN4-. The van der Waals surface area contributed by atoms with Gasteiger partial charge in [0, 0.05) is 38.8 Å². The fourth-order valence-electron chi connectivity index (χ4n) is 3.41. The van der Waals surface area contributed by atoms with Crippen molar-refractivity contribution in [3.05, 3.63) is 107 Å². The summed E-state index contributed by atoms with van der Waals surface area (Å²) in [4.78, 5) is 16.0. The minimum absolute atomic E-state index is 0. The number of aryl methyl sites for hydroxylation is 1. The maximum atomic E-state index is 4.62. The quantitative estimate of drug-likeness (QED) is 0.256. The number of fused-ring (bicyclic) bond motifs is 8. The summed E-state index contributed by atoms with van der Waals surface area (Å²) < 4.78 is 0. The summed E-state index contributed by atoms with van der Waals surface area (Å²) in [6.07, 6.45) is 8.05. The molecule has 2 aliphatic rings. The number of aromatic amines is 2. The van der Waals surface area contributed by atoms with Crippen LogP contribution in [0.2, 0.25) is 0 Å². The SMILES string of the molecule is C1=Cc2cc3ccc(cc4ccc(cc5nc(cc1n2)C=C5)[nH]4)[nH]3.Cc1cc[c-]cc1.[Co]. The number of benzene rings is 1. The Bertz CT molecular complexity index is 1350. The van der Waals surface area contributed by atoms with Crippen LogP contribution in [0.5, 0.6) is 0 Å². The molecule has 0 amide bonds. The number of hydrogen-bond acceptors (Lipinski definition) is 2. The maximum Gasteiger partial charge on any atom is 0.0659 e. The molecule has 0 unspecified atom stereocenters. The normalized spacial score (nSPS) is 11.4. The summed E-state index contributed by atoms with van der Waals surface area (Å²) in [6, 6.07) is 27.2. The van der Waals surface area contributed by atoms with Gasteiger partial charge in [0.05, 0.1) is 22.8 Å². The second kappa shape index (κ2) is 9.64. The van der Waals surface area contributed by atoms with E-state index >= 15 is 0 Å². The number of nitrogens with one attached hydrogen (secondary N) is 2. The van der Waals surface area contributed by atoms with Crippen LogP contribution in [0.1, 0.15) is 28.3 Å². The minimum atomic E-state index is 0. The standard InChI is InChI=1S/C20H14N4.C7H7.Co/c1-2-14-10-16-5-6-18(23-16)12-20-8-7-19(24-20)11-17-4-3-15(22-17)9-13(1)21-14;1-7-5-3-2-4-6-7;/h1-12,21-22H;3-6H,1H3;/q;-1;. The Morgan fingerprint density at radius 1 is 0.562 bits per heavy atom. The van der Waals surface area contributed by atoms with E-state index in [1.165, 1.54) is 5.56 Å². The second-order valence-electron chi connectivity index (χ2n) is 7.48. The largest absolute Gasteiger partial charge is 0.355 e. The molecule has 1 aromatic carbocycles. The third-order valence-electron chi connectivity index (χ3n) is 4.93. The van der Waals surface area contributed by atoms with Gasteiger partial charge in [0.15, 0.2) is 0 Å². The second-order valence-corrected chi connectivity index (χ2v) is 7.48. The summed E-state index contributed by atoms with van der Waals surface area (Å²) in [5, 5.41) is 0. The van der Waals surface area contributed by atoms with Gasteiger partial charge in [-0.25, -0.2) is 9.97 Å². The topological polar surface area (TPSA) is 57.4 Å². The van der Waals surface area contributed by atoms with Crippen LogP contribution in [0.15, 0.2) is 72.8 Å². The van der Waals surface area contributed by atoms with Crippen molar-refractivity contribution < 1.29 is 16.8 Å². The van der Waals surface area contributed by atoms with Crippen LogP contribution in [-0.2, 0) is 16.8 Å². The van der Waals surface area contributed by atoms with E-state index in [2.05, 4.69) is 63.3 Å². The van der Waals surface area contributed by atoms with E-state index in [1.54, 1.807) is 0 Å². The first-order valence-electron chi connectivity index (χ1n) is 10.2. The summed E-state index contributed by atoms with van der Waals surface area (Å²) in [7, 11) is 0. The van der Waals surface area contributed by atoms with Gasteiger partial charge in [-0.1, -0.05) is 6.92 Å². The average Bonchev–Trinajstić information content (AvgIpc) is 3.55. The molecule has 3 aromatic heterocycles. The third kappa shape index (κ3) is 5.32. The first kappa shape index (κ1) is 21.6. The first-order chi connectivity index (χ1) is 15.2. The molecule has 0 fully saturated rings. The molecule has 8 bridgehead atoms. The van der Waals surface area contributed by atoms with Crippen LogP contribution in [-0.4, -0.2) is 19.9 Å². The zero-order chi connectivity index (χ0) is 21.0. The van der Waals surface area contributed by atoms with Crippen LogP contribution >= 0.6 is 0 Å². The third-order valence-corrected chi connectivity index (χ3v) is 4.93. The van der Waals surface area contributed by atoms with E-state index in [4.69, 9.17) is 0 Å². The summed E-state index contributed by atoms with van der Waals surface area (Å²) in [5.74, 6) is 0. The van der Waals surface area contributed by atoms with Gasteiger partial charge < -0.3 is 9.97 Å². The van der Waals surface area contributed by atoms with E-state index in [0.29, 0.717) is 0 Å². The fraction of sp³-hybridized carbons (Fsp3) is 0.0370. The zero-order valence-electron chi connectivity index (χ0n) is 17.5.